The number of ether oxygens (including phenoxy) is 5. The molecule has 1 fully saturated rings. The van der Waals surface area contributed by atoms with Crippen molar-refractivity contribution in [3.63, 3.8) is 0 Å². The number of hydrogen-bond donors (Lipinski definition) is 2. The van der Waals surface area contributed by atoms with Crippen LogP contribution in [0, 0.1) is 0 Å². The molecule has 0 aromatic heterocycles. The van der Waals surface area contributed by atoms with Crippen LogP contribution in [-0.2, 0) is 47.7 Å². The van der Waals surface area contributed by atoms with E-state index in [0.29, 0.717) is 12.8 Å². The molecule has 1 rings (SSSR count). The van der Waals surface area contributed by atoms with E-state index >= 15 is 0 Å². The second kappa shape index (κ2) is 12.8. The molecule has 12 heteroatoms. The van der Waals surface area contributed by atoms with Gasteiger partial charge in [0.2, 0.25) is 5.91 Å². The zero-order valence-electron chi connectivity index (χ0n) is 18.0. The quantitative estimate of drug-likeness (QED) is 0.247. The Hall–Kier alpha value is -2.73. The molecule has 0 spiro atoms. The number of carbonyl (C=O) groups excluding carboxylic acids is 4. The number of hydrogen-bond acceptors (Lipinski definition) is 10. The first-order valence-electron chi connectivity index (χ1n) is 9.75. The van der Waals surface area contributed by atoms with Gasteiger partial charge in [-0.2, -0.15) is 0 Å². The monoisotopic (exact) mass is 447 g/mol. The Morgan fingerprint density at radius 3 is 2.03 bits per heavy atom. The summed E-state index contributed by atoms with van der Waals surface area (Å²) in [6, 6.07) is -1.04. The van der Waals surface area contributed by atoms with Crippen molar-refractivity contribution in [2.45, 2.75) is 77.6 Å². The van der Waals surface area contributed by atoms with Crippen LogP contribution in [0.4, 0.5) is 0 Å². The smallest absolute Gasteiger partial charge is 0.303 e. The van der Waals surface area contributed by atoms with E-state index in [9.17, 15) is 24.0 Å². The third-order valence-corrected chi connectivity index (χ3v) is 4.14. The number of carbonyl (C=O) groups is 5. The van der Waals surface area contributed by atoms with Crippen LogP contribution >= 0.6 is 0 Å². The lowest BCUT2D eigenvalue weighted by Gasteiger charge is -2.44. The van der Waals surface area contributed by atoms with Crippen LogP contribution in [0.5, 0.6) is 0 Å². The van der Waals surface area contributed by atoms with Gasteiger partial charge in [-0.1, -0.05) is 0 Å². The maximum Gasteiger partial charge on any atom is 0.303 e. The fourth-order valence-electron chi connectivity index (χ4n) is 3.01. The normalized spacial score (nSPS) is 25.2. The number of carboxylic acid groups (broad SMARTS) is 1. The molecule has 0 bridgehead atoms. The minimum atomic E-state index is -1.19. The highest BCUT2D eigenvalue weighted by Crippen LogP contribution is 2.28. The fourth-order valence-corrected chi connectivity index (χ4v) is 3.01. The van der Waals surface area contributed by atoms with Crippen molar-refractivity contribution in [1.82, 2.24) is 5.32 Å². The Kier molecular flexibility index (Phi) is 10.9. The lowest BCUT2D eigenvalue weighted by atomic mass is 9.96. The molecule has 1 heterocycles. The van der Waals surface area contributed by atoms with Crippen LogP contribution in [0.1, 0.15) is 47.0 Å². The maximum absolute atomic E-state index is 11.8. The highest BCUT2D eigenvalue weighted by molar-refractivity contribution is 5.73. The number of esters is 3. The molecule has 31 heavy (non-hydrogen) atoms. The predicted molar refractivity (Wildman–Crippen MR) is 101 cm³/mol. The topological polar surface area (TPSA) is 164 Å². The first-order valence-corrected chi connectivity index (χ1v) is 9.75. The van der Waals surface area contributed by atoms with Crippen LogP contribution in [0.25, 0.3) is 0 Å². The number of aliphatic carboxylic acids is 1. The molecule has 0 radical (unpaired) electrons. The molecule has 2 N–H and O–H groups in total. The zero-order chi connectivity index (χ0) is 23.6. The van der Waals surface area contributed by atoms with Crippen LogP contribution in [0.15, 0.2) is 0 Å². The van der Waals surface area contributed by atoms with Crippen molar-refractivity contribution >= 4 is 29.8 Å². The van der Waals surface area contributed by atoms with E-state index in [2.05, 4.69) is 5.32 Å². The number of nitrogens with one attached hydrogen (secondary N) is 1. The fraction of sp³-hybridized carbons (Fsp3) is 0.737. The third kappa shape index (κ3) is 9.75. The molecule has 1 aliphatic heterocycles. The first-order chi connectivity index (χ1) is 14.5. The highest BCUT2D eigenvalue weighted by atomic mass is 16.7. The minimum Gasteiger partial charge on any atom is -0.481 e. The summed E-state index contributed by atoms with van der Waals surface area (Å²) in [6.45, 7) is 4.47. The lowest BCUT2D eigenvalue weighted by molar-refractivity contribution is -0.277. The van der Waals surface area contributed by atoms with Crippen molar-refractivity contribution in [2.24, 2.45) is 0 Å². The second-order valence-electron chi connectivity index (χ2n) is 6.94. The van der Waals surface area contributed by atoms with E-state index in [1.54, 1.807) is 0 Å². The molecular formula is C19H29NO11. The summed E-state index contributed by atoms with van der Waals surface area (Å²) in [5.41, 5.74) is 0. The first kappa shape index (κ1) is 26.3. The molecule has 0 aromatic carbocycles. The van der Waals surface area contributed by atoms with Gasteiger partial charge in [-0.15, -0.1) is 0 Å². The van der Waals surface area contributed by atoms with E-state index in [-0.39, 0.29) is 19.6 Å². The zero-order valence-corrected chi connectivity index (χ0v) is 18.0. The number of amides is 1. The average Bonchev–Trinajstić information content (AvgIpc) is 2.62. The van der Waals surface area contributed by atoms with Gasteiger partial charge in [-0.3, -0.25) is 24.0 Å². The number of rotatable bonds is 11. The van der Waals surface area contributed by atoms with Crippen molar-refractivity contribution < 1.29 is 52.8 Å². The summed E-state index contributed by atoms with van der Waals surface area (Å²) < 4.78 is 27.1. The summed E-state index contributed by atoms with van der Waals surface area (Å²) >= 11 is 0. The summed E-state index contributed by atoms with van der Waals surface area (Å²) in [7, 11) is 0. The van der Waals surface area contributed by atoms with Crippen molar-refractivity contribution in [1.29, 1.82) is 0 Å². The van der Waals surface area contributed by atoms with Gasteiger partial charge in [0, 0.05) is 40.7 Å². The van der Waals surface area contributed by atoms with Gasteiger partial charge < -0.3 is 34.1 Å². The highest BCUT2D eigenvalue weighted by Gasteiger charge is 2.51. The van der Waals surface area contributed by atoms with Gasteiger partial charge in [-0.05, 0) is 12.8 Å². The van der Waals surface area contributed by atoms with Crippen LogP contribution in [0.3, 0.4) is 0 Å². The molecule has 0 saturated carbocycles. The predicted octanol–water partition coefficient (Wildman–Crippen LogP) is -0.0860. The molecular weight excluding hydrogens is 418 g/mol. The minimum absolute atomic E-state index is 0.0380. The number of carboxylic acids is 1. The van der Waals surface area contributed by atoms with Crippen LogP contribution < -0.4 is 5.32 Å². The Morgan fingerprint density at radius 2 is 1.52 bits per heavy atom. The molecule has 3 unspecified atom stereocenters. The van der Waals surface area contributed by atoms with E-state index in [4.69, 9.17) is 28.8 Å². The van der Waals surface area contributed by atoms with E-state index in [0.717, 1.165) is 13.8 Å². The van der Waals surface area contributed by atoms with E-state index in [1.165, 1.54) is 13.8 Å². The van der Waals surface area contributed by atoms with Crippen molar-refractivity contribution in [3.8, 4) is 0 Å². The van der Waals surface area contributed by atoms with Gasteiger partial charge in [0.15, 0.2) is 18.5 Å². The molecule has 1 aliphatic rings. The van der Waals surface area contributed by atoms with Gasteiger partial charge in [0.05, 0.1) is 0 Å². The Balaban J connectivity index is 3.11. The summed E-state index contributed by atoms with van der Waals surface area (Å²) in [5.74, 6) is -3.43. The molecule has 0 aromatic rings. The maximum atomic E-state index is 11.8. The SMILES string of the molecule is CC(=O)NC1C(OC(C)=O)[C@H](OC(C)=O)C(COC(C)=O)O[C@H]1OCCCCC(=O)O. The Labute approximate surface area is 179 Å². The third-order valence-electron chi connectivity index (χ3n) is 4.14. The molecule has 176 valence electrons. The summed E-state index contributed by atoms with van der Waals surface area (Å²) in [6.07, 6.45) is -3.87. The average molecular weight is 447 g/mol. The molecule has 12 nitrogen and oxygen atoms in total. The summed E-state index contributed by atoms with van der Waals surface area (Å²) in [4.78, 5) is 57.0. The Bertz CT molecular complexity index is 665. The van der Waals surface area contributed by atoms with Crippen LogP contribution in [-0.4, -0.2) is 78.7 Å². The summed E-state index contributed by atoms with van der Waals surface area (Å²) in [5, 5.41) is 11.3. The van der Waals surface area contributed by atoms with Gasteiger partial charge in [0.1, 0.15) is 18.8 Å². The van der Waals surface area contributed by atoms with Gasteiger partial charge >= 0.3 is 23.9 Å². The molecule has 5 atom stereocenters. The van der Waals surface area contributed by atoms with Crippen molar-refractivity contribution in [2.75, 3.05) is 13.2 Å². The van der Waals surface area contributed by atoms with E-state index < -0.39 is 60.4 Å². The van der Waals surface area contributed by atoms with Gasteiger partial charge in [-0.25, -0.2) is 0 Å². The largest absolute Gasteiger partial charge is 0.481 e. The van der Waals surface area contributed by atoms with E-state index in [1.807, 2.05) is 0 Å². The molecule has 1 amide bonds. The van der Waals surface area contributed by atoms with Gasteiger partial charge in [0.25, 0.3) is 0 Å². The second-order valence-corrected chi connectivity index (χ2v) is 6.94. The Morgan fingerprint density at radius 1 is 0.903 bits per heavy atom. The van der Waals surface area contributed by atoms with Crippen LogP contribution in [0.2, 0.25) is 0 Å². The standard InChI is InChI=1S/C19H29NO11/c1-10(21)20-16-18(30-13(4)24)17(29-12(3)23)14(9-28-11(2)22)31-19(16)27-8-6-5-7-15(25)26/h14,16-19H,5-9H2,1-4H3,(H,20,21)(H,25,26)/t14?,16?,17-,18?,19-/m1/s1. The molecule has 0 aliphatic carbocycles. The van der Waals surface area contributed by atoms with Crippen molar-refractivity contribution in [3.05, 3.63) is 0 Å². The lowest BCUT2D eigenvalue weighted by Crippen LogP contribution is -2.66. The number of unbranched alkanes of at least 4 members (excludes halogenated alkanes) is 1. The molecule has 1 saturated heterocycles.